The van der Waals surface area contributed by atoms with Gasteiger partial charge in [-0.15, -0.1) is 0 Å². The summed E-state index contributed by atoms with van der Waals surface area (Å²) in [6.07, 6.45) is 0. The van der Waals surface area contributed by atoms with Gasteiger partial charge < -0.3 is 15.0 Å². The molecule has 0 spiro atoms. The van der Waals surface area contributed by atoms with Crippen molar-refractivity contribution in [1.82, 2.24) is 5.32 Å². The van der Waals surface area contributed by atoms with Gasteiger partial charge in [0.15, 0.2) is 12.4 Å². The highest BCUT2D eigenvalue weighted by atomic mass is 16.5. The Kier molecular flexibility index (Phi) is 3.09. The van der Waals surface area contributed by atoms with Crippen LogP contribution in [0.25, 0.3) is 10.8 Å². The molecule has 1 N–H and O–H groups in total. The number of nitrogens with one attached hydrogen (secondary N) is 1. The van der Waals surface area contributed by atoms with Crippen LogP contribution in [-0.4, -0.2) is 32.7 Å². The summed E-state index contributed by atoms with van der Waals surface area (Å²) >= 11 is 0. The number of amides is 1. The molecule has 1 aliphatic heterocycles. The molecule has 0 fully saturated rings. The van der Waals surface area contributed by atoms with Crippen LogP contribution in [0.2, 0.25) is 0 Å². The third kappa shape index (κ3) is 2.04. The lowest BCUT2D eigenvalue weighted by Gasteiger charge is -2.30. The zero-order valence-electron chi connectivity index (χ0n) is 10.8. The average molecular weight is 256 g/mol. The summed E-state index contributed by atoms with van der Waals surface area (Å²) in [5.41, 5.74) is 0.866. The van der Waals surface area contributed by atoms with Gasteiger partial charge in [0.1, 0.15) is 0 Å². The molecular formula is C15H16N2O2. The van der Waals surface area contributed by atoms with Crippen molar-refractivity contribution in [3.8, 4) is 5.75 Å². The van der Waals surface area contributed by atoms with Crippen molar-refractivity contribution in [2.24, 2.45) is 0 Å². The highest BCUT2D eigenvalue weighted by Gasteiger charge is 2.26. The van der Waals surface area contributed by atoms with E-state index < -0.39 is 0 Å². The van der Waals surface area contributed by atoms with E-state index in [1.807, 2.05) is 43.4 Å². The zero-order valence-corrected chi connectivity index (χ0v) is 10.8. The highest BCUT2D eigenvalue weighted by molar-refractivity contribution is 6.03. The van der Waals surface area contributed by atoms with Crippen LogP contribution in [0.3, 0.4) is 0 Å². The van der Waals surface area contributed by atoms with Gasteiger partial charge >= 0.3 is 0 Å². The van der Waals surface area contributed by atoms with Crippen molar-refractivity contribution >= 4 is 22.4 Å². The van der Waals surface area contributed by atoms with Crippen LogP contribution < -0.4 is 15.0 Å². The van der Waals surface area contributed by atoms with Gasteiger partial charge in [0, 0.05) is 18.5 Å². The number of hydrogen-bond acceptors (Lipinski definition) is 3. The third-order valence-corrected chi connectivity index (χ3v) is 3.38. The van der Waals surface area contributed by atoms with Crippen molar-refractivity contribution in [1.29, 1.82) is 0 Å². The summed E-state index contributed by atoms with van der Waals surface area (Å²) in [6.45, 7) is 1.53. The molecule has 0 saturated carbocycles. The third-order valence-electron chi connectivity index (χ3n) is 3.38. The maximum atomic E-state index is 12.0. The summed E-state index contributed by atoms with van der Waals surface area (Å²) in [4.78, 5) is 13.8. The van der Waals surface area contributed by atoms with Crippen LogP contribution in [0.5, 0.6) is 5.75 Å². The average Bonchev–Trinajstić information content (AvgIpc) is 2.46. The molecule has 3 rings (SSSR count). The Morgan fingerprint density at radius 2 is 2.11 bits per heavy atom. The summed E-state index contributed by atoms with van der Waals surface area (Å²) in [6, 6.07) is 12.1. The quantitative estimate of drug-likeness (QED) is 0.910. The minimum atomic E-state index is 0.0121. The van der Waals surface area contributed by atoms with E-state index in [1.54, 1.807) is 4.90 Å². The molecule has 0 unspecified atom stereocenters. The number of likely N-dealkylation sites (N-methyl/N-ethyl adjacent to an activating group) is 1. The highest BCUT2D eigenvalue weighted by Crippen LogP contribution is 2.38. The van der Waals surface area contributed by atoms with Crippen LogP contribution in [0.15, 0.2) is 36.4 Å². The second-order valence-corrected chi connectivity index (χ2v) is 4.57. The van der Waals surface area contributed by atoms with Crippen LogP contribution in [0, 0.1) is 0 Å². The molecule has 1 heterocycles. The predicted octanol–water partition coefficient (Wildman–Crippen LogP) is 1.78. The summed E-state index contributed by atoms with van der Waals surface area (Å²) in [5, 5.41) is 5.26. The molecule has 1 aliphatic rings. The van der Waals surface area contributed by atoms with Gasteiger partial charge in [0.05, 0.1) is 5.69 Å². The van der Waals surface area contributed by atoms with Crippen molar-refractivity contribution in [3.63, 3.8) is 0 Å². The molecular weight excluding hydrogens is 240 g/mol. The lowest BCUT2D eigenvalue weighted by molar-refractivity contribution is -0.121. The van der Waals surface area contributed by atoms with Crippen LogP contribution in [0.4, 0.5) is 5.69 Å². The fourth-order valence-electron chi connectivity index (χ4n) is 2.41. The molecule has 19 heavy (non-hydrogen) atoms. The fourth-order valence-corrected chi connectivity index (χ4v) is 2.41. The second-order valence-electron chi connectivity index (χ2n) is 4.57. The summed E-state index contributed by atoms with van der Waals surface area (Å²) < 4.78 is 5.65. The minimum Gasteiger partial charge on any atom is -0.481 e. The van der Waals surface area contributed by atoms with Crippen molar-refractivity contribution < 1.29 is 9.53 Å². The first-order valence-electron chi connectivity index (χ1n) is 6.41. The number of rotatable bonds is 3. The molecule has 4 heteroatoms. The predicted molar refractivity (Wildman–Crippen MR) is 75.7 cm³/mol. The molecule has 0 aliphatic carbocycles. The van der Waals surface area contributed by atoms with E-state index in [4.69, 9.17) is 4.74 Å². The second kappa shape index (κ2) is 4.90. The number of benzene rings is 2. The monoisotopic (exact) mass is 256 g/mol. The number of hydrogen-bond donors (Lipinski definition) is 1. The standard InChI is InChI=1S/C15H16N2O2/c1-16-8-9-17-13-7-6-11-4-2-3-5-12(11)15(13)19-10-14(17)18/h2-7,16H,8-10H2,1H3. The first kappa shape index (κ1) is 12.0. The van der Waals surface area contributed by atoms with Crippen LogP contribution >= 0.6 is 0 Å². The van der Waals surface area contributed by atoms with Gasteiger partial charge in [0.2, 0.25) is 0 Å². The molecule has 1 amide bonds. The largest absolute Gasteiger partial charge is 0.481 e. The Labute approximate surface area is 112 Å². The van der Waals surface area contributed by atoms with Crippen LogP contribution in [-0.2, 0) is 4.79 Å². The van der Waals surface area contributed by atoms with E-state index >= 15 is 0 Å². The van der Waals surface area contributed by atoms with Gasteiger partial charge in [-0.1, -0.05) is 30.3 Å². The van der Waals surface area contributed by atoms with E-state index in [-0.39, 0.29) is 12.5 Å². The van der Waals surface area contributed by atoms with E-state index in [0.717, 1.165) is 28.8 Å². The summed E-state index contributed by atoms with van der Waals surface area (Å²) in [7, 11) is 1.88. The van der Waals surface area contributed by atoms with Crippen molar-refractivity contribution in [3.05, 3.63) is 36.4 Å². The molecule has 4 nitrogen and oxygen atoms in total. The number of carbonyl (C=O) groups excluding carboxylic acids is 1. The molecule has 0 bridgehead atoms. The van der Waals surface area contributed by atoms with E-state index in [0.29, 0.717) is 6.54 Å². The Bertz CT molecular complexity index is 625. The van der Waals surface area contributed by atoms with Gasteiger partial charge in [-0.05, 0) is 18.5 Å². The van der Waals surface area contributed by atoms with Crippen molar-refractivity contribution in [2.75, 3.05) is 31.6 Å². The SMILES string of the molecule is CNCCN1C(=O)COc2c1ccc1ccccc21. The molecule has 0 saturated heterocycles. The topological polar surface area (TPSA) is 41.6 Å². The van der Waals surface area contributed by atoms with E-state index in [1.165, 1.54) is 0 Å². The van der Waals surface area contributed by atoms with Gasteiger partial charge in [-0.25, -0.2) is 0 Å². The normalized spacial score (nSPS) is 14.4. The Balaban J connectivity index is 2.10. The maximum absolute atomic E-state index is 12.0. The number of ether oxygens (including phenoxy) is 1. The number of nitrogens with zero attached hydrogens (tertiary/aromatic N) is 1. The number of carbonyl (C=O) groups is 1. The molecule has 0 atom stereocenters. The summed E-state index contributed by atoms with van der Waals surface area (Å²) in [5.74, 6) is 0.826. The number of fused-ring (bicyclic) bond motifs is 3. The first-order chi connectivity index (χ1) is 9.31. The van der Waals surface area contributed by atoms with E-state index in [9.17, 15) is 4.79 Å². The number of anilines is 1. The molecule has 2 aromatic carbocycles. The van der Waals surface area contributed by atoms with Gasteiger partial charge in [-0.3, -0.25) is 4.79 Å². The zero-order chi connectivity index (χ0) is 13.2. The minimum absolute atomic E-state index is 0.0121. The lowest BCUT2D eigenvalue weighted by atomic mass is 10.1. The smallest absolute Gasteiger partial charge is 0.265 e. The molecule has 0 radical (unpaired) electrons. The van der Waals surface area contributed by atoms with Gasteiger partial charge in [0.25, 0.3) is 5.91 Å². The Hall–Kier alpha value is -2.07. The van der Waals surface area contributed by atoms with Gasteiger partial charge in [-0.2, -0.15) is 0 Å². The lowest BCUT2D eigenvalue weighted by Crippen LogP contribution is -2.42. The van der Waals surface area contributed by atoms with E-state index in [2.05, 4.69) is 5.32 Å². The first-order valence-corrected chi connectivity index (χ1v) is 6.41. The fraction of sp³-hybridized carbons (Fsp3) is 0.267. The molecule has 98 valence electrons. The Morgan fingerprint density at radius 1 is 1.26 bits per heavy atom. The van der Waals surface area contributed by atoms with Crippen LogP contribution in [0.1, 0.15) is 0 Å². The Morgan fingerprint density at radius 3 is 2.95 bits per heavy atom. The maximum Gasteiger partial charge on any atom is 0.265 e. The molecule has 0 aromatic heterocycles. The van der Waals surface area contributed by atoms with Crippen molar-refractivity contribution in [2.45, 2.75) is 0 Å². The molecule has 2 aromatic rings.